The van der Waals surface area contributed by atoms with Crippen molar-refractivity contribution in [2.75, 3.05) is 0 Å². The fraction of sp³-hybridized carbons (Fsp3) is 0.600. The van der Waals surface area contributed by atoms with Crippen LogP contribution < -0.4 is 9.47 Å². The van der Waals surface area contributed by atoms with Gasteiger partial charge in [-0.25, -0.2) is 0 Å². The average Bonchev–Trinajstić information content (AvgIpc) is 2.59. The largest absolute Gasteiger partial charge is 0.423 e. The van der Waals surface area contributed by atoms with Gasteiger partial charge in [-0.15, -0.1) is 0 Å². The van der Waals surface area contributed by atoms with Crippen LogP contribution in [0.4, 0.5) is 0 Å². The van der Waals surface area contributed by atoms with E-state index in [4.69, 9.17) is 9.47 Å². The minimum Gasteiger partial charge on any atom is -0.423 e. The van der Waals surface area contributed by atoms with Gasteiger partial charge in [0.2, 0.25) is 0 Å². The van der Waals surface area contributed by atoms with E-state index in [0.29, 0.717) is 17.9 Å². The predicted molar refractivity (Wildman–Crippen MR) is 95.2 cm³/mol. The van der Waals surface area contributed by atoms with Gasteiger partial charge in [0.05, 0.1) is 0 Å². The van der Waals surface area contributed by atoms with Gasteiger partial charge in [0.1, 0.15) is 0 Å². The van der Waals surface area contributed by atoms with Crippen molar-refractivity contribution in [3.63, 3.8) is 0 Å². The van der Waals surface area contributed by atoms with E-state index in [0.717, 1.165) is 25.2 Å². The van der Waals surface area contributed by atoms with E-state index in [-0.39, 0.29) is 18.4 Å². The Bertz CT molecular complexity index is 506. The van der Waals surface area contributed by atoms with Crippen LogP contribution >= 0.6 is 0 Å². The molecule has 0 unspecified atom stereocenters. The Kier molecular flexibility index (Phi) is 9.81. The molecule has 4 nitrogen and oxygen atoms in total. The summed E-state index contributed by atoms with van der Waals surface area (Å²) in [5.74, 6) is 0.780. The molecule has 0 heterocycles. The van der Waals surface area contributed by atoms with Crippen LogP contribution in [-0.4, -0.2) is 11.9 Å². The number of rotatable bonds is 11. The van der Waals surface area contributed by atoms with E-state index in [2.05, 4.69) is 13.8 Å². The maximum Gasteiger partial charge on any atom is 0.311 e. The molecule has 0 spiro atoms. The second-order valence-corrected chi connectivity index (χ2v) is 6.03. The molecule has 0 N–H and O–H groups in total. The lowest BCUT2D eigenvalue weighted by Gasteiger charge is -2.11. The van der Waals surface area contributed by atoms with Gasteiger partial charge in [0.25, 0.3) is 0 Å². The topological polar surface area (TPSA) is 52.6 Å². The minimum absolute atomic E-state index is 0.277. The van der Waals surface area contributed by atoms with Crippen LogP contribution in [-0.2, 0) is 9.59 Å². The molecule has 134 valence electrons. The fourth-order valence-electron chi connectivity index (χ4n) is 2.56. The summed E-state index contributed by atoms with van der Waals surface area (Å²) in [7, 11) is 0. The predicted octanol–water partition coefficient (Wildman–Crippen LogP) is 5.29. The minimum atomic E-state index is -0.347. The van der Waals surface area contributed by atoms with Crippen LogP contribution in [0.2, 0.25) is 0 Å². The first kappa shape index (κ1) is 20.2. The number of para-hydroxylation sites is 2. The van der Waals surface area contributed by atoms with Crippen molar-refractivity contribution in [2.45, 2.75) is 72.1 Å². The number of benzene rings is 1. The zero-order chi connectivity index (χ0) is 17.8. The lowest BCUT2D eigenvalue weighted by Crippen LogP contribution is -2.11. The summed E-state index contributed by atoms with van der Waals surface area (Å²) in [6.45, 7) is 6.18. The molecule has 0 fully saturated rings. The molecule has 0 amide bonds. The van der Waals surface area contributed by atoms with Gasteiger partial charge in [0.15, 0.2) is 11.5 Å². The molecular formula is C20H30O4. The second-order valence-electron chi connectivity index (χ2n) is 6.03. The molecule has 1 rings (SSSR count). The summed E-state index contributed by atoms with van der Waals surface area (Å²) < 4.78 is 10.5. The number of hydrogen-bond acceptors (Lipinski definition) is 4. The van der Waals surface area contributed by atoms with Crippen molar-refractivity contribution < 1.29 is 19.1 Å². The number of esters is 2. The summed E-state index contributed by atoms with van der Waals surface area (Å²) in [5, 5.41) is 0. The summed E-state index contributed by atoms with van der Waals surface area (Å²) in [6.07, 6.45) is 7.38. The van der Waals surface area contributed by atoms with Crippen molar-refractivity contribution >= 4 is 11.9 Å². The van der Waals surface area contributed by atoms with Crippen LogP contribution in [0.1, 0.15) is 72.1 Å². The molecule has 0 aliphatic rings. The standard InChI is InChI=1S/C20H30O4/c1-4-16(5-2)12-8-7-9-15-20(22)24-18-14-11-10-13-17(18)23-19(21)6-3/h10-11,13-14,16H,4-9,12,15H2,1-3H3. The van der Waals surface area contributed by atoms with Crippen LogP contribution in [0.3, 0.4) is 0 Å². The van der Waals surface area contributed by atoms with E-state index in [1.54, 1.807) is 31.2 Å². The quantitative estimate of drug-likeness (QED) is 0.313. The molecule has 4 heteroatoms. The molecular weight excluding hydrogens is 304 g/mol. The summed E-state index contributed by atoms with van der Waals surface area (Å²) in [5.41, 5.74) is 0. The molecule has 1 aromatic rings. The molecule has 0 aromatic heterocycles. The maximum atomic E-state index is 12.0. The Hall–Kier alpha value is -1.84. The van der Waals surface area contributed by atoms with Crippen LogP contribution in [0.5, 0.6) is 11.5 Å². The number of unbranched alkanes of at least 4 members (excludes halogenated alkanes) is 2. The third kappa shape index (κ3) is 7.62. The van der Waals surface area contributed by atoms with E-state index < -0.39 is 0 Å². The smallest absolute Gasteiger partial charge is 0.311 e. The maximum absolute atomic E-state index is 12.0. The van der Waals surface area contributed by atoms with Gasteiger partial charge < -0.3 is 9.47 Å². The molecule has 0 atom stereocenters. The highest BCUT2D eigenvalue weighted by Crippen LogP contribution is 2.27. The van der Waals surface area contributed by atoms with Crippen LogP contribution in [0.25, 0.3) is 0 Å². The summed E-state index contributed by atoms with van der Waals surface area (Å²) in [6, 6.07) is 6.77. The van der Waals surface area contributed by atoms with Crippen molar-refractivity contribution in [1.82, 2.24) is 0 Å². The molecule has 0 aliphatic heterocycles. The van der Waals surface area contributed by atoms with Crippen molar-refractivity contribution in [1.29, 1.82) is 0 Å². The van der Waals surface area contributed by atoms with Crippen molar-refractivity contribution in [3.8, 4) is 11.5 Å². The van der Waals surface area contributed by atoms with Gasteiger partial charge in [0, 0.05) is 12.8 Å². The van der Waals surface area contributed by atoms with Gasteiger partial charge in [-0.3, -0.25) is 9.59 Å². The Balaban J connectivity index is 2.36. The lowest BCUT2D eigenvalue weighted by atomic mass is 9.96. The lowest BCUT2D eigenvalue weighted by molar-refractivity contribution is -0.137. The summed E-state index contributed by atoms with van der Waals surface area (Å²) >= 11 is 0. The van der Waals surface area contributed by atoms with Gasteiger partial charge in [-0.05, 0) is 24.5 Å². The molecule has 0 aliphatic carbocycles. The number of hydrogen-bond donors (Lipinski definition) is 0. The Morgan fingerprint density at radius 3 is 2.00 bits per heavy atom. The molecule has 0 saturated heterocycles. The second kappa shape index (κ2) is 11.7. The van der Waals surface area contributed by atoms with Crippen LogP contribution in [0, 0.1) is 5.92 Å². The fourth-order valence-corrected chi connectivity index (χ4v) is 2.56. The molecule has 0 radical (unpaired) electrons. The Morgan fingerprint density at radius 1 is 0.875 bits per heavy atom. The number of carbonyl (C=O) groups is 2. The molecule has 1 aromatic carbocycles. The zero-order valence-electron chi connectivity index (χ0n) is 15.2. The van der Waals surface area contributed by atoms with E-state index >= 15 is 0 Å². The SMILES string of the molecule is CCC(=O)Oc1ccccc1OC(=O)CCCCCC(CC)CC. The normalized spacial score (nSPS) is 10.7. The van der Waals surface area contributed by atoms with Gasteiger partial charge >= 0.3 is 11.9 Å². The van der Waals surface area contributed by atoms with Crippen LogP contribution in [0.15, 0.2) is 24.3 Å². The first-order chi connectivity index (χ1) is 11.6. The van der Waals surface area contributed by atoms with E-state index in [9.17, 15) is 9.59 Å². The zero-order valence-corrected chi connectivity index (χ0v) is 15.2. The molecule has 24 heavy (non-hydrogen) atoms. The number of carbonyl (C=O) groups excluding carboxylic acids is 2. The average molecular weight is 334 g/mol. The highest BCUT2D eigenvalue weighted by molar-refractivity contribution is 5.75. The third-order valence-corrected chi connectivity index (χ3v) is 4.23. The van der Waals surface area contributed by atoms with Crippen molar-refractivity contribution in [2.24, 2.45) is 5.92 Å². The Morgan fingerprint density at radius 2 is 1.46 bits per heavy atom. The van der Waals surface area contributed by atoms with Gasteiger partial charge in [-0.1, -0.05) is 65.0 Å². The highest BCUT2D eigenvalue weighted by Gasteiger charge is 2.12. The third-order valence-electron chi connectivity index (χ3n) is 4.23. The van der Waals surface area contributed by atoms with Crippen molar-refractivity contribution in [3.05, 3.63) is 24.3 Å². The number of ether oxygens (including phenoxy) is 2. The van der Waals surface area contributed by atoms with E-state index in [1.807, 2.05) is 0 Å². The van der Waals surface area contributed by atoms with E-state index in [1.165, 1.54) is 19.3 Å². The first-order valence-corrected chi connectivity index (χ1v) is 9.11. The highest BCUT2D eigenvalue weighted by atomic mass is 16.6. The van der Waals surface area contributed by atoms with Gasteiger partial charge in [-0.2, -0.15) is 0 Å². The first-order valence-electron chi connectivity index (χ1n) is 9.11. The molecule has 0 bridgehead atoms. The Labute approximate surface area is 145 Å². The molecule has 0 saturated carbocycles. The summed E-state index contributed by atoms with van der Waals surface area (Å²) in [4.78, 5) is 23.4. The monoisotopic (exact) mass is 334 g/mol.